The predicted molar refractivity (Wildman–Crippen MR) is 76.3 cm³/mol. The lowest BCUT2D eigenvalue weighted by Crippen LogP contribution is -2.24. The molecule has 0 bridgehead atoms. The van der Waals surface area contributed by atoms with Crippen LogP contribution in [0.2, 0.25) is 0 Å². The van der Waals surface area contributed by atoms with Gasteiger partial charge in [-0.05, 0) is 43.7 Å². The first-order valence-electron chi connectivity index (χ1n) is 6.67. The lowest BCUT2D eigenvalue weighted by Gasteiger charge is -2.07. The third-order valence-corrected chi connectivity index (χ3v) is 3.00. The van der Waals surface area contributed by atoms with Gasteiger partial charge in [0, 0.05) is 23.1 Å². The molecule has 1 heterocycles. The summed E-state index contributed by atoms with van der Waals surface area (Å²) in [6.07, 6.45) is 3.14. The van der Waals surface area contributed by atoms with Crippen LogP contribution < -0.4 is 10.1 Å². The normalized spacial score (nSPS) is 11.3. The molecule has 1 aromatic heterocycles. The summed E-state index contributed by atoms with van der Waals surface area (Å²) in [7, 11) is 0. The van der Waals surface area contributed by atoms with Crippen LogP contribution in [0, 0.1) is 0 Å². The Bertz CT molecular complexity index is 502. The second-order valence-electron chi connectivity index (χ2n) is 4.81. The van der Waals surface area contributed by atoms with E-state index in [1.165, 1.54) is 16.5 Å². The Labute approximate surface area is 109 Å². The molecule has 0 aliphatic heterocycles. The van der Waals surface area contributed by atoms with E-state index in [1.807, 2.05) is 13.0 Å². The summed E-state index contributed by atoms with van der Waals surface area (Å²) in [5, 5.41) is 4.71. The molecule has 0 aliphatic carbocycles. The van der Waals surface area contributed by atoms with E-state index in [9.17, 15) is 0 Å². The summed E-state index contributed by atoms with van der Waals surface area (Å²) in [5.74, 6) is 0.947. The van der Waals surface area contributed by atoms with Crippen LogP contribution in [0.4, 0.5) is 0 Å². The molecule has 0 radical (unpaired) electrons. The third kappa shape index (κ3) is 3.05. The molecule has 0 aliphatic rings. The minimum absolute atomic E-state index is 0.536. The molecular weight excluding hydrogens is 224 g/mol. The Kier molecular flexibility index (Phi) is 4.26. The Hall–Kier alpha value is -1.48. The molecule has 2 N–H and O–H groups in total. The molecule has 18 heavy (non-hydrogen) atoms. The molecule has 0 saturated carbocycles. The van der Waals surface area contributed by atoms with Crippen molar-refractivity contribution in [1.29, 1.82) is 0 Å². The van der Waals surface area contributed by atoms with Crippen molar-refractivity contribution < 1.29 is 4.74 Å². The zero-order valence-electron chi connectivity index (χ0n) is 11.4. The predicted octanol–water partition coefficient (Wildman–Crippen LogP) is 3.11. The quantitative estimate of drug-likeness (QED) is 0.821. The fourth-order valence-corrected chi connectivity index (χ4v) is 2.12. The number of rotatable bonds is 6. The van der Waals surface area contributed by atoms with Crippen molar-refractivity contribution in [1.82, 2.24) is 10.3 Å². The first-order valence-corrected chi connectivity index (χ1v) is 6.67. The fourth-order valence-electron chi connectivity index (χ4n) is 2.12. The van der Waals surface area contributed by atoms with E-state index < -0.39 is 0 Å². The summed E-state index contributed by atoms with van der Waals surface area (Å²) in [5.41, 5.74) is 2.53. The van der Waals surface area contributed by atoms with Gasteiger partial charge in [-0.3, -0.25) is 0 Å². The van der Waals surface area contributed by atoms with Crippen LogP contribution in [0.3, 0.4) is 0 Å². The summed E-state index contributed by atoms with van der Waals surface area (Å²) < 4.78 is 5.55. The lowest BCUT2D eigenvalue weighted by atomic mass is 10.1. The van der Waals surface area contributed by atoms with Gasteiger partial charge in [0.15, 0.2) is 0 Å². The molecule has 1 aromatic carbocycles. The van der Waals surface area contributed by atoms with Gasteiger partial charge in [0.2, 0.25) is 0 Å². The van der Waals surface area contributed by atoms with E-state index in [-0.39, 0.29) is 0 Å². The molecule has 0 saturated heterocycles. The van der Waals surface area contributed by atoms with E-state index in [4.69, 9.17) is 4.74 Å². The number of aromatic amines is 1. The Morgan fingerprint density at radius 3 is 2.89 bits per heavy atom. The number of hydrogen-bond donors (Lipinski definition) is 2. The Morgan fingerprint density at radius 1 is 1.33 bits per heavy atom. The topological polar surface area (TPSA) is 37.0 Å². The van der Waals surface area contributed by atoms with Gasteiger partial charge in [-0.2, -0.15) is 0 Å². The molecule has 0 atom stereocenters. The van der Waals surface area contributed by atoms with Gasteiger partial charge < -0.3 is 15.0 Å². The van der Waals surface area contributed by atoms with E-state index in [2.05, 4.69) is 42.5 Å². The minimum atomic E-state index is 0.536. The van der Waals surface area contributed by atoms with E-state index in [1.54, 1.807) is 0 Å². The number of benzene rings is 1. The summed E-state index contributed by atoms with van der Waals surface area (Å²) in [4.78, 5) is 3.31. The van der Waals surface area contributed by atoms with Crippen LogP contribution in [0.15, 0.2) is 24.4 Å². The Balaban J connectivity index is 2.14. The van der Waals surface area contributed by atoms with Crippen molar-refractivity contribution >= 4 is 10.9 Å². The molecule has 0 fully saturated rings. The highest BCUT2D eigenvalue weighted by molar-refractivity contribution is 5.84. The maximum Gasteiger partial charge on any atom is 0.120 e. The average Bonchev–Trinajstić information content (AvgIpc) is 2.72. The number of nitrogens with one attached hydrogen (secondary N) is 2. The summed E-state index contributed by atoms with van der Waals surface area (Å²) in [6.45, 7) is 8.06. The molecule has 3 nitrogen and oxygen atoms in total. The van der Waals surface area contributed by atoms with Gasteiger partial charge in [0.25, 0.3) is 0 Å². The van der Waals surface area contributed by atoms with Crippen molar-refractivity contribution in [3.8, 4) is 5.75 Å². The first kappa shape index (κ1) is 13.0. The number of H-pyrrole nitrogens is 1. The van der Waals surface area contributed by atoms with Crippen LogP contribution in [0.5, 0.6) is 5.75 Å². The second kappa shape index (κ2) is 5.91. The van der Waals surface area contributed by atoms with Crippen LogP contribution in [0.25, 0.3) is 10.9 Å². The van der Waals surface area contributed by atoms with Gasteiger partial charge in [-0.1, -0.05) is 13.8 Å². The monoisotopic (exact) mass is 246 g/mol. The van der Waals surface area contributed by atoms with Gasteiger partial charge in [0.05, 0.1) is 6.61 Å². The molecule has 3 heteroatoms. The van der Waals surface area contributed by atoms with Crippen molar-refractivity contribution in [3.63, 3.8) is 0 Å². The van der Waals surface area contributed by atoms with Crippen molar-refractivity contribution in [3.05, 3.63) is 30.0 Å². The molecule has 0 amide bonds. The van der Waals surface area contributed by atoms with Crippen molar-refractivity contribution in [2.24, 2.45) is 0 Å². The zero-order chi connectivity index (χ0) is 13.0. The number of ether oxygens (including phenoxy) is 1. The van der Waals surface area contributed by atoms with E-state index in [0.717, 1.165) is 18.7 Å². The smallest absolute Gasteiger partial charge is 0.120 e. The lowest BCUT2D eigenvalue weighted by molar-refractivity contribution is 0.340. The fraction of sp³-hybridized carbons (Fsp3) is 0.467. The first-order chi connectivity index (χ1) is 8.70. The van der Waals surface area contributed by atoms with Crippen molar-refractivity contribution in [2.45, 2.75) is 33.2 Å². The standard InChI is InChI=1S/C15H22N2O/c1-4-18-13-5-6-15-14(9-13)12(10-17-15)7-8-16-11(2)3/h5-6,9-11,16-17H,4,7-8H2,1-3H3. The van der Waals surface area contributed by atoms with Gasteiger partial charge in [-0.15, -0.1) is 0 Å². The van der Waals surface area contributed by atoms with Crippen LogP contribution in [0.1, 0.15) is 26.3 Å². The second-order valence-corrected chi connectivity index (χ2v) is 4.81. The van der Waals surface area contributed by atoms with E-state index >= 15 is 0 Å². The summed E-state index contributed by atoms with van der Waals surface area (Å²) in [6, 6.07) is 6.76. The number of hydrogen-bond acceptors (Lipinski definition) is 2. The van der Waals surface area contributed by atoms with Crippen molar-refractivity contribution in [2.75, 3.05) is 13.2 Å². The van der Waals surface area contributed by atoms with Gasteiger partial charge in [0.1, 0.15) is 5.75 Å². The molecule has 2 rings (SSSR count). The van der Waals surface area contributed by atoms with Gasteiger partial charge >= 0.3 is 0 Å². The minimum Gasteiger partial charge on any atom is -0.494 e. The largest absolute Gasteiger partial charge is 0.494 e. The molecule has 0 unspecified atom stereocenters. The molecule has 2 aromatic rings. The highest BCUT2D eigenvalue weighted by atomic mass is 16.5. The SMILES string of the molecule is CCOc1ccc2[nH]cc(CCNC(C)C)c2c1. The Morgan fingerprint density at radius 2 is 2.17 bits per heavy atom. The maximum atomic E-state index is 5.55. The van der Waals surface area contributed by atoms with Gasteiger partial charge in [-0.25, -0.2) is 0 Å². The molecule has 0 spiro atoms. The molecular formula is C15H22N2O. The highest BCUT2D eigenvalue weighted by Gasteiger charge is 2.05. The van der Waals surface area contributed by atoms with Crippen LogP contribution in [-0.4, -0.2) is 24.2 Å². The van der Waals surface area contributed by atoms with E-state index in [0.29, 0.717) is 12.6 Å². The van der Waals surface area contributed by atoms with Crippen LogP contribution in [-0.2, 0) is 6.42 Å². The zero-order valence-corrected chi connectivity index (χ0v) is 11.4. The summed E-state index contributed by atoms with van der Waals surface area (Å²) >= 11 is 0. The maximum absolute atomic E-state index is 5.55. The van der Waals surface area contributed by atoms with Crippen LogP contribution >= 0.6 is 0 Å². The number of fused-ring (bicyclic) bond motifs is 1. The average molecular weight is 246 g/mol. The third-order valence-electron chi connectivity index (χ3n) is 3.00. The highest BCUT2D eigenvalue weighted by Crippen LogP contribution is 2.24. The number of aromatic nitrogens is 1. The molecule has 98 valence electrons.